The third-order valence-corrected chi connectivity index (χ3v) is 6.38. The van der Waals surface area contributed by atoms with Crippen LogP contribution in [-0.2, 0) is 0 Å². The lowest BCUT2D eigenvalue weighted by molar-refractivity contribution is -0.122. The number of fused-ring (bicyclic) bond motifs is 3. The molecule has 1 N–H and O–H groups in total. The first-order chi connectivity index (χ1) is 7.29. The predicted octanol–water partition coefficient (Wildman–Crippen LogP) is 3.61. The highest BCUT2D eigenvalue weighted by molar-refractivity contribution is 5.18. The van der Waals surface area contributed by atoms with Gasteiger partial charge < -0.3 is 5.11 Å². The van der Waals surface area contributed by atoms with Crippen molar-refractivity contribution in [3.05, 3.63) is 0 Å². The molecule has 3 saturated carbocycles. The van der Waals surface area contributed by atoms with E-state index < -0.39 is 5.60 Å². The van der Waals surface area contributed by atoms with Crippen LogP contribution in [0.4, 0.5) is 0 Å². The van der Waals surface area contributed by atoms with Gasteiger partial charge in [-0.15, -0.1) is 0 Å². The van der Waals surface area contributed by atoms with Crippen molar-refractivity contribution in [3.63, 3.8) is 0 Å². The highest BCUT2D eigenvalue weighted by Crippen LogP contribution is 2.74. The Morgan fingerprint density at radius 1 is 1.00 bits per heavy atom. The molecule has 92 valence electrons. The molecule has 0 aliphatic heterocycles. The maximum absolute atomic E-state index is 10.8. The van der Waals surface area contributed by atoms with Crippen molar-refractivity contribution in [2.45, 2.75) is 65.4 Å². The summed E-state index contributed by atoms with van der Waals surface area (Å²) in [7, 11) is 0. The zero-order chi connectivity index (χ0) is 11.8. The van der Waals surface area contributed by atoms with Crippen LogP contribution >= 0.6 is 0 Å². The second-order valence-corrected chi connectivity index (χ2v) is 7.83. The number of rotatable bonds is 0. The first kappa shape index (κ1) is 11.1. The predicted molar refractivity (Wildman–Crippen MR) is 66.1 cm³/mol. The highest BCUT2D eigenvalue weighted by atomic mass is 16.3. The van der Waals surface area contributed by atoms with E-state index in [9.17, 15) is 5.11 Å². The van der Waals surface area contributed by atoms with Crippen molar-refractivity contribution >= 4 is 0 Å². The van der Waals surface area contributed by atoms with Crippen molar-refractivity contribution in [1.82, 2.24) is 0 Å². The Morgan fingerprint density at radius 3 is 2.38 bits per heavy atom. The molecule has 0 aromatic rings. The molecule has 0 aromatic heterocycles. The van der Waals surface area contributed by atoms with E-state index in [1.54, 1.807) is 0 Å². The summed E-state index contributed by atoms with van der Waals surface area (Å²) in [6.07, 6.45) is 6.33. The molecular weight excluding hydrogens is 196 g/mol. The average Bonchev–Trinajstić information content (AvgIpc) is 2.66. The van der Waals surface area contributed by atoms with Gasteiger partial charge in [-0.25, -0.2) is 0 Å². The molecule has 0 amide bonds. The van der Waals surface area contributed by atoms with Gasteiger partial charge in [0.05, 0.1) is 5.60 Å². The Balaban J connectivity index is 1.98. The standard InChI is InChI=1S/C15H26O/c1-13(2)10-6-9-14(3)7-5-8-15(4,16)12(14)11(10)13/h10-12,16H,5-9H2,1-4H3/t10-,11-,12?,14+,15-/m0/s1. The number of hydrogen-bond acceptors (Lipinski definition) is 1. The van der Waals surface area contributed by atoms with Crippen LogP contribution in [0.15, 0.2) is 0 Å². The molecule has 0 aromatic carbocycles. The molecule has 1 heteroatoms. The Hall–Kier alpha value is -0.0400. The summed E-state index contributed by atoms with van der Waals surface area (Å²) in [6, 6.07) is 0. The Bertz CT molecular complexity index is 317. The van der Waals surface area contributed by atoms with E-state index in [-0.39, 0.29) is 0 Å². The van der Waals surface area contributed by atoms with Crippen LogP contribution in [0.1, 0.15) is 59.8 Å². The average molecular weight is 222 g/mol. The molecule has 0 spiro atoms. The van der Waals surface area contributed by atoms with Gasteiger partial charge in [-0.1, -0.05) is 27.2 Å². The number of aliphatic hydroxyl groups is 1. The molecule has 3 fully saturated rings. The lowest BCUT2D eigenvalue weighted by Crippen LogP contribution is -2.51. The Labute approximate surface area is 99.6 Å². The molecule has 0 radical (unpaired) electrons. The fourth-order valence-electron chi connectivity index (χ4n) is 5.50. The fraction of sp³-hybridized carbons (Fsp3) is 1.00. The van der Waals surface area contributed by atoms with Crippen molar-refractivity contribution in [2.75, 3.05) is 0 Å². The maximum Gasteiger partial charge on any atom is 0.0656 e. The smallest absolute Gasteiger partial charge is 0.0656 e. The minimum Gasteiger partial charge on any atom is -0.390 e. The zero-order valence-corrected chi connectivity index (χ0v) is 11.2. The van der Waals surface area contributed by atoms with Gasteiger partial charge in [-0.3, -0.25) is 0 Å². The van der Waals surface area contributed by atoms with Gasteiger partial charge >= 0.3 is 0 Å². The van der Waals surface area contributed by atoms with Gasteiger partial charge in [0, 0.05) is 0 Å². The molecule has 5 atom stereocenters. The van der Waals surface area contributed by atoms with Gasteiger partial charge in [0.25, 0.3) is 0 Å². The Kier molecular flexibility index (Phi) is 1.98. The summed E-state index contributed by atoms with van der Waals surface area (Å²) in [4.78, 5) is 0. The molecule has 3 aliphatic carbocycles. The van der Waals surface area contributed by atoms with Crippen LogP contribution < -0.4 is 0 Å². The third-order valence-electron chi connectivity index (χ3n) is 6.38. The van der Waals surface area contributed by atoms with Crippen LogP contribution in [-0.4, -0.2) is 10.7 Å². The number of hydrogen-bond donors (Lipinski definition) is 1. The van der Waals surface area contributed by atoms with E-state index in [4.69, 9.17) is 0 Å². The normalized spacial score (nSPS) is 58.7. The van der Waals surface area contributed by atoms with Crippen molar-refractivity contribution in [3.8, 4) is 0 Å². The van der Waals surface area contributed by atoms with E-state index >= 15 is 0 Å². The molecule has 0 heterocycles. The topological polar surface area (TPSA) is 20.2 Å². The minimum atomic E-state index is -0.399. The quantitative estimate of drug-likeness (QED) is 0.664. The second kappa shape index (κ2) is 2.85. The fourth-order valence-corrected chi connectivity index (χ4v) is 5.50. The lowest BCUT2D eigenvalue weighted by atomic mass is 9.55. The molecule has 0 bridgehead atoms. The van der Waals surface area contributed by atoms with E-state index in [0.717, 1.165) is 18.3 Å². The largest absolute Gasteiger partial charge is 0.390 e. The van der Waals surface area contributed by atoms with E-state index in [1.165, 1.54) is 25.7 Å². The monoisotopic (exact) mass is 222 g/mol. The SMILES string of the molecule is CC1(C)[C@@H]2C3[C@](C)(CCC[C@]3(C)O)CC[C@@H]21. The molecule has 16 heavy (non-hydrogen) atoms. The summed E-state index contributed by atoms with van der Waals surface area (Å²) in [6.45, 7) is 9.37. The first-order valence-corrected chi connectivity index (χ1v) is 7.01. The van der Waals surface area contributed by atoms with Crippen molar-refractivity contribution in [1.29, 1.82) is 0 Å². The lowest BCUT2D eigenvalue weighted by Gasteiger charge is -2.52. The van der Waals surface area contributed by atoms with Crippen LogP contribution in [0.2, 0.25) is 0 Å². The van der Waals surface area contributed by atoms with Crippen LogP contribution in [0, 0.1) is 28.6 Å². The molecule has 3 rings (SSSR count). The van der Waals surface area contributed by atoms with E-state index in [2.05, 4.69) is 27.7 Å². The highest BCUT2D eigenvalue weighted by Gasteiger charge is 2.69. The summed E-state index contributed by atoms with van der Waals surface area (Å²) in [5.74, 6) is 2.25. The molecule has 3 aliphatic rings. The van der Waals surface area contributed by atoms with E-state index in [0.29, 0.717) is 16.7 Å². The minimum absolute atomic E-state index is 0.399. The van der Waals surface area contributed by atoms with E-state index in [1.807, 2.05) is 0 Å². The van der Waals surface area contributed by atoms with Gasteiger partial charge in [0.2, 0.25) is 0 Å². The van der Waals surface area contributed by atoms with Gasteiger partial charge in [0.15, 0.2) is 0 Å². The molecule has 1 nitrogen and oxygen atoms in total. The summed E-state index contributed by atoms with van der Waals surface area (Å²) >= 11 is 0. The van der Waals surface area contributed by atoms with Crippen molar-refractivity contribution < 1.29 is 5.11 Å². The molecule has 1 unspecified atom stereocenters. The van der Waals surface area contributed by atoms with Crippen LogP contribution in [0.25, 0.3) is 0 Å². The first-order valence-electron chi connectivity index (χ1n) is 7.01. The molecular formula is C15H26O. The maximum atomic E-state index is 10.8. The van der Waals surface area contributed by atoms with Crippen molar-refractivity contribution in [2.24, 2.45) is 28.6 Å². The summed E-state index contributed by atoms with van der Waals surface area (Å²) in [5, 5.41) is 10.8. The summed E-state index contributed by atoms with van der Waals surface area (Å²) in [5.41, 5.74) is 0.532. The van der Waals surface area contributed by atoms with Crippen LogP contribution in [0.3, 0.4) is 0 Å². The third kappa shape index (κ3) is 1.21. The molecule has 0 saturated heterocycles. The van der Waals surface area contributed by atoms with Gasteiger partial charge in [-0.05, 0) is 61.2 Å². The van der Waals surface area contributed by atoms with Gasteiger partial charge in [0.1, 0.15) is 0 Å². The zero-order valence-electron chi connectivity index (χ0n) is 11.2. The second-order valence-electron chi connectivity index (χ2n) is 7.83. The van der Waals surface area contributed by atoms with Gasteiger partial charge in [-0.2, -0.15) is 0 Å². The Morgan fingerprint density at radius 2 is 1.69 bits per heavy atom. The van der Waals surface area contributed by atoms with Crippen LogP contribution in [0.5, 0.6) is 0 Å². The summed E-state index contributed by atoms with van der Waals surface area (Å²) < 4.78 is 0.